The van der Waals surface area contributed by atoms with Crippen LogP contribution in [0, 0.1) is 6.92 Å². The van der Waals surface area contributed by atoms with Gasteiger partial charge in [0.05, 0.1) is 24.4 Å². The smallest absolute Gasteiger partial charge is 0.265 e. The number of thiazole rings is 1. The van der Waals surface area contributed by atoms with Gasteiger partial charge in [-0.05, 0) is 18.6 Å². The number of ether oxygens (including phenoxy) is 1. The molecule has 5 nitrogen and oxygen atoms in total. The Balaban J connectivity index is 1.88. The van der Waals surface area contributed by atoms with Crippen LogP contribution < -0.4 is 11.3 Å². The molecular weight excluding hydrogens is 274 g/mol. The van der Waals surface area contributed by atoms with E-state index in [1.807, 2.05) is 24.6 Å². The van der Waals surface area contributed by atoms with Crippen molar-refractivity contribution in [3.05, 3.63) is 51.5 Å². The van der Waals surface area contributed by atoms with Crippen LogP contribution in [0.5, 0.6) is 0 Å². The van der Waals surface area contributed by atoms with Gasteiger partial charge >= 0.3 is 0 Å². The van der Waals surface area contributed by atoms with Crippen molar-refractivity contribution in [2.24, 2.45) is 5.84 Å². The molecule has 0 bridgehead atoms. The molecule has 3 N–H and O–H groups in total. The molecule has 1 aromatic carbocycles. The first kappa shape index (κ1) is 14.6. The van der Waals surface area contributed by atoms with Crippen LogP contribution in [0.1, 0.15) is 26.5 Å². The predicted molar refractivity (Wildman–Crippen MR) is 78.3 cm³/mol. The zero-order chi connectivity index (χ0) is 14.4. The summed E-state index contributed by atoms with van der Waals surface area (Å²) in [4.78, 5) is 17.0. The van der Waals surface area contributed by atoms with E-state index in [1.165, 1.54) is 4.88 Å². The maximum absolute atomic E-state index is 11.6. The summed E-state index contributed by atoms with van der Waals surface area (Å²) in [7, 11) is 0. The summed E-state index contributed by atoms with van der Waals surface area (Å²) in [6.45, 7) is 2.98. The lowest BCUT2D eigenvalue weighted by atomic mass is 10.1. The van der Waals surface area contributed by atoms with Gasteiger partial charge in [0.15, 0.2) is 0 Å². The Labute approximate surface area is 121 Å². The fourth-order valence-electron chi connectivity index (χ4n) is 1.86. The summed E-state index contributed by atoms with van der Waals surface area (Å²) in [6, 6.07) is 7.27. The summed E-state index contributed by atoms with van der Waals surface area (Å²) in [5, 5.41) is 0. The molecule has 0 unspecified atom stereocenters. The lowest BCUT2D eigenvalue weighted by Crippen LogP contribution is -2.30. The van der Waals surface area contributed by atoms with Crippen LogP contribution in [-0.4, -0.2) is 17.5 Å². The molecule has 2 rings (SSSR count). The van der Waals surface area contributed by atoms with Crippen LogP contribution in [0.15, 0.2) is 29.8 Å². The number of amides is 1. The fraction of sp³-hybridized carbons (Fsp3) is 0.286. The van der Waals surface area contributed by atoms with Crippen LogP contribution in [-0.2, 0) is 17.8 Å². The highest BCUT2D eigenvalue weighted by atomic mass is 32.1. The molecule has 6 heteroatoms. The van der Waals surface area contributed by atoms with Crippen molar-refractivity contribution < 1.29 is 9.53 Å². The average molecular weight is 291 g/mol. The van der Waals surface area contributed by atoms with E-state index in [-0.39, 0.29) is 5.91 Å². The molecule has 1 amide bonds. The first-order chi connectivity index (χ1) is 9.72. The zero-order valence-corrected chi connectivity index (χ0v) is 12.1. The second-order valence-electron chi connectivity index (χ2n) is 4.29. The maximum Gasteiger partial charge on any atom is 0.265 e. The second-order valence-corrected chi connectivity index (χ2v) is 5.23. The molecule has 0 saturated carbocycles. The van der Waals surface area contributed by atoms with E-state index in [0.29, 0.717) is 18.8 Å². The van der Waals surface area contributed by atoms with Crippen LogP contribution in [0.4, 0.5) is 0 Å². The SMILES string of the molecule is Cc1ncsc1CCOCc1ccccc1C(=O)NN. The number of nitrogen functional groups attached to an aromatic ring is 1. The molecule has 0 aliphatic carbocycles. The van der Waals surface area contributed by atoms with E-state index >= 15 is 0 Å². The molecule has 0 aliphatic heterocycles. The topological polar surface area (TPSA) is 77.2 Å². The molecule has 0 atom stereocenters. The number of hydrogen-bond donors (Lipinski definition) is 2. The third kappa shape index (κ3) is 3.63. The average Bonchev–Trinajstić information content (AvgIpc) is 2.88. The van der Waals surface area contributed by atoms with E-state index < -0.39 is 0 Å². The van der Waals surface area contributed by atoms with Crippen molar-refractivity contribution in [1.29, 1.82) is 0 Å². The molecule has 1 aromatic heterocycles. The van der Waals surface area contributed by atoms with Crippen molar-refractivity contribution in [2.75, 3.05) is 6.61 Å². The lowest BCUT2D eigenvalue weighted by Gasteiger charge is -2.08. The van der Waals surface area contributed by atoms with E-state index in [2.05, 4.69) is 10.4 Å². The fourth-order valence-corrected chi connectivity index (χ4v) is 2.62. The first-order valence-corrected chi connectivity index (χ1v) is 7.16. The Bertz CT molecular complexity index is 583. The minimum Gasteiger partial charge on any atom is -0.376 e. The van der Waals surface area contributed by atoms with Gasteiger partial charge in [0.2, 0.25) is 0 Å². The minimum atomic E-state index is -0.303. The van der Waals surface area contributed by atoms with Gasteiger partial charge in [-0.1, -0.05) is 18.2 Å². The summed E-state index contributed by atoms with van der Waals surface area (Å²) in [6.07, 6.45) is 0.835. The lowest BCUT2D eigenvalue weighted by molar-refractivity contribution is 0.0940. The number of hydrogen-bond acceptors (Lipinski definition) is 5. The highest BCUT2D eigenvalue weighted by molar-refractivity contribution is 7.09. The molecule has 20 heavy (non-hydrogen) atoms. The van der Waals surface area contributed by atoms with Gasteiger partial charge in [0.1, 0.15) is 0 Å². The quantitative estimate of drug-likeness (QED) is 0.368. The Morgan fingerprint density at radius 2 is 2.25 bits per heavy atom. The molecule has 106 valence electrons. The second kappa shape index (κ2) is 7.14. The largest absolute Gasteiger partial charge is 0.376 e. The zero-order valence-electron chi connectivity index (χ0n) is 11.3. The van der Waals surface area contributed by atoms with Crippen LogP contribution in [0.2, 0.25) is 0 Å². The summed E-state index contributed by atoms with van der Waals surface area (Å²) in [5.41, 5.74) is 6.41. The van der Waals surface area contributed by atoms with Gasteiger partial charge in [0, 0.05) is 16.9 Å². The van der Waals surface area contributed by atoms with Crippen molar-refractivity contribution in [3.63, 3.8) is 0 Å². The van der Waals surface area contributed by atoms with E-state index in [9.17, 15) is 4.79 Å². The third-order valence-corrected chi connectivity index (χ3v) is 3.96. The molecule has 0 fully saturated rings. The number of nitrogens with zero attached hydrogens (tertiary/aromatic N) is 1. The molecule has 0 aliphatic rings. The van der Waals surface area contributed by atoms with Crippen LogP contribution >= 0.6 is 11.3 Å². The molecule has 2 aromatic rings. The van der Waals surface area contributed by atoms with Crippen molar-refractivity contribution in [3.8, 4) is 0 Å². The van der Waals surface area contributed by atoms with Gasteiger partial charge in [-0.3, -0.25) is 10.2 Å². The number of aromatic nitrogens is 1. The molecule has 0 spiro atoms. The monoisotopic (exact) mass is 291 g/mol. The number of rotatable bonds is 6. The van der Waals surface area contributed by atoms with Crippen molar-refractivity contribution >= 4 is 17.2 Å². The standard InChI is InChI=1S/C14H17N3O2S/c1-10-13(20-9-16-10)6-7-19-8-11-4-2-3-5-12(11)14(18)17-15/h2-5,9H,6-8,15H2,1H3,(H,17,18). The number of nitrogens with one attached hydrogen (secondary N) is 1. The normalized spacial score (nSPS) is 10.5. The number of nitrogens with two attached hydrogens (primary N) is 1. The minimum absolute atomic E-state index is 0.303. The summed E-state index contributed by atoms with van der Waals surface area (Å²) < 4.78 is 5.64. The highest BCUT2D eigenvalue weighted by Gasteiger charge is 2.09. The number of benzene rings is 1. The number of hydrazine groups is 1. The van der Waals surface area contributed by atoms with Crippen molar-refractivity contribution in [2.45, 2.75) is 20.0 Å². The summed E-state index contributed by atoms with van der Waals surface area (Å²) in [5.74, 6) is 4.86. The molecule has 1 heterocycles. The maximum atomic E-state index is 11.6. The highest BCUT2D eigenvalue weighted by Crippen LogP contribution is 2.14. The van der Waals surface area contributed by atoms with Crippen LogP contribution in [0.25, 0.3) is 0 Å². The van der Waals surface area contributed by atoms with E-state index in [4.69, 9.17) is 10.6 Å². The van der Waals surface area contributed by atoms with Gasteiger partial charge in [-0.15, -0.1) is 11.3 Å². The number of carbonyl (C=O) groups is 1. The van der Waals surface area contributed by atoms with Crippen molar-refractivity contribution in [1.82, 2.24) is 10.4 Å². The first-order valence-electron chi connectivity index (χ1n) is 6.28. The van der Waals surface area contributed by atoms with Crippen LogP contribution in [0.3, 0.4) is 0 Å². The van der Waals surface area contributed by atoms with E-state index in [0.717, 1.165) is 17.7 Å². The van der Waals surface area contributed by atoms with E-state index in [1.54, 1.807) is 23.5 Å². The summed E-state index contributed by atoms with van der Waals surface area (Å²) >= 11 is 1.64. The van der Waals surface area contributed by atoms with Gasteiger partial charge in [0.25, 0.3) is 5.91 Å². The molecular formula is C14H17N3O2S. The van der Waals surface area contributed by atoms with Gasteiger partial charge in [-0.2, -0.15) is 0 Å². The van der Waals surface area contributed by atoms with Gasteiger partial charge in [-0.25, -0.2) is 10.8 Å². The Hall–Kier alpha value is -1.76. The third-order valence-electron chi connectivity index (χ3n) is 2.97. The predicted octanol–water partition coefficient (Wildman–Crippen LogP) is 1.81. The Morgan fingerprint density at radius 1 is 1.45 bits per heavy atom. The Kier molecular flexibility index (Phi) is 5.23. The molecule has 0 radical (unpaired) electrons. The number of aryl methyl sites for hydroxylation is 1. The Morgan fingerprint density at radius 3 is 2.95 bits per heavy atom. The molecule has 0 saturated heterocycles. The number of carbonyl (C=O) groups excluding carboxylic acids is 1. The van der Waals surface area contributed by atoms with Gasteiger partial charge < -0.3 is 4.74 Å².